The minimum atomic E-state index is -1.43. The van der Waals surface area contributed by atoms with Crippen LogP contribution in [0.15, 0.2) is 12.1 Å². The van der Waals surface area contributed by atoms with Crippen LogP contribution in [0.3, 0.4) is 0 Å². The Morgan fingerprint density at radius 2 is 2.10 bits per heavy atom. The van der Waals surface area contributed by atoms with Gasteiger partial charge in [-0.25, -0.2) is 13.6 Å². The number of carbonyl (C=O) groups excluding carboxylic acids is 1. The van der Waals surface area contributed by atoms with Gasteiger partial charge in [0.25, 0.3) is 0 Å². The number of aromatic carboxylic acids is 1. The minimum Gasteiger partial charge on any atom is -0.478 e. The van der Waals surface area contributed by atoms with Gasteiger partial charge in [-0.1, -0.05) is 0 Å². The van der Waals surface area contributed by atoms with Crippen LogP contribution in [0.5, 0.6) is 0 Å². The first-order valence-corrected chi connectivity index (χ1v) is 7.46. The van der Waals surface area contributed by atoms with Gasteiger partial charge >= 0.3 is 5.97 Å². The second kappa shape index (κ2) is 6.86. The standard InChI is InChI=1S/C13H14F2N2O3S/c14-9-4-8(13(19)20)11(5-10(9)15)17-12(18)3-7-6-21-2-1-16-7/h4-5,7,16H,1-3,6H2,(H,17,18)(H,19,20). The van der Waals surface area contributed by atoms with Crippen molar-refractivity contribution in [2.45, 2.75) is 12.5 Å². The van der Waals surface area contributed by atoms with Gasteiger partial charge in [0.05, 0.1) is 11.3 Å². The molecule has 21 heavy (non-hydrogen) atoms. The topological polar surface area (TPSA) is 78.4 Å². The molecule has 1 atom stereocenters. The van der Waals surface area contributed by atoms with Crippen LogP contribution in [0, 0.1) is 11.6 Å². The highest BCUT2D eigenvalue weighted by atomic mass is 32.2. The molecule has 1 unspecified atom stereocenters. The monoisotopic (exact) mass is 316 g/mol. The molecule has 0 radical (unpaired) electrons. The van der Waals surface area contributed by atoms with Gasteiger partial charge < -0.3 is 15.7 Å². The van der Waals surface area contributed by atoms with Crippen LogP contribution >= 0.6 is 11.8 Å². The minimum absolute atomic E-state index is 0.0117. The molecule has 0 aliphatic carbocycles. The highest BCUT2D eigenvalue weighted by Crippen LogP contribution is 2.21. The van der Waals surface area contributed by atoms with Gasteiger partial charge in [-0.05, 0) is 6.07 Å². The fourth-order valence-electron chi connectivity index (χ4n) is 2.00. The summed E-state index contributed by atoms with van der Waals surface area (Å²) in [5.41, 5.74) is -0.719. The summed E-state index contributed by atoms with van der Waals surface area (Å²) >= 11 is 1.72. The molecule has 0 bridgehead atoms. The molecular weight excluding hydrogens is 302 g/mol. The van der Waals surface area contributed by atoms with Crippen LogP contribution in [0.25, 0.3) is 0 Å². The third kappa shape index (κ3) is 4.15. The zero-order valence-electron chi connectivity index (χ0n) is 11.0. The molecule has 0 saturated carbocycles. The van der Waals surface area contributed by atoms with E-state index in [0.29, 0.717) is 12.1 Å². The number of rotatable bonds is 4. The van der Waals surface area contributed by atoms with Crippen molar-refractivity contribution in [3.63, 3.8) is 0 Å². The quantitative estimate of drug-likeness (QED) is 0.788. The summed E-state index contributed by atoms with van der Waals surface area (Å²) in [7, 11) is 0. The summed E-state index contributed by atoms with van der Waals surface area (Å²) < 4.78 is 26.3. The second-order valence-electron chi connectivity index (χ2n) is 4.60. The van der Waals surface area contributed by atoms with Crippen LogP contribution in [0.4, 0.5) is 14.5 Å². The number of nitrogens with one attached hydrogen (secondary N) is 2. The van der Waals surface area contributed by atoms with E-state index in [9.17, 15) is 18.4 Å². The first-order chi connectivity index (χ1) is 9.97. The highest BCUT2D eigenvalue weighted by molar-refractivity contribution is 7.99. The van der Waals surface area contributed by atoms with Gasteiger partial charge in [0.1, 0.15) is 0 Å². The molecule has 1 aromatic carbocycles. The van der Waals surface area contributed by atoms with Crippen molar-refractivity contribution in [2.24, 2.45) is 0 Å². The Labute approximate surface area is 124 Å². The normalized spacial score (nSPS) is 18.3. The van der Waals surface area contributed by atoms with E-state index in [0.717, 1.165) is 18.1 Å². The maximum Gasteiger partial charge on any atom is 0.337 e. The van der Waals surface area contributed by atoms with Crippen molar-refractivity contribution in [2.75, 3.05) is 23.4 Å². The number of amides is 1. The number of carboxylic acids is 1. The molecule has 2 rings (SSSR count). The number of halogens is 2. The van der Waals surface area contributed by atoms with E-state index in [4.69, 9.17) is 5.11 Å². The van der Waals surface area contributed by atoms with Crippen molar-refractivity contribution in [1.82, 2.24) is 5.32 Å². The smallest absolute Gasteiger partial charge is 0.337 e. The maximum absolute atomic E-state index is 13.2. The van der Waals surface area contributed by atoms with Crippen LogP contribution in [-0.2, 0) is 4.79 Å². The van der Waals surface area contributed by atoms with E-state index in [-0.39, 0.29) is 18.2 Å². The van der Waals surface area contributed by atoms with Gasteiger partial charge in [-0.2, -0.15) is 11.8 Å². The van der Waals surface area contributed by atoms with Crippen molar-refractivity contribution < 1.29 is 23.5 Å². The average molecular weight is 316 g/mol. The summed E-state index contributed by atoms with van der Waals surface area (Å²) in [5.74, 6) is -2.60. The molecule has 8 heteroatoms. The van der Waals surface area contributed by atoms with Crippen LogP contribution in [0.2, 0.25) is 0 Å². The summed E-state index contributed by atoms with van der Waals surface area (Å²) in [6.45, 7) is 0.800. The lowest BCUT2D eigenvalue weighted by Crippen LogP contribution is -2.40. The first kappa shape index (κ1) is 15.7. The Morgan fingerprint density at radius 3 is 2.71 bits per heavy atom. The molecule has 114 valence electrons. The van der Waals surface area contributed by atoms with Crippen molar-refractivity contribution in [3.05, 3.63) is 29.3 Å². The third-order valence-electron chi connectivity index (χ3n) is 3.00. The van der Waals surface area contributed by atoms with E-state index < -0.39 is 29.1 Å². The third-order valence-corrected chi connectivity index (χ3v) is 4.13. The lowest BCUT2D eigenvalue weighted by Gasteiger charge is -2.22. The van der Waals surface area contributed by atoms with Crippen molar-refractivity contribution in [3.8, 4) is 0 Å². The fourth-order valence-corrected chi connectivity index (χ4v) is 2.95. The molecule has 1 aromatic rings. The van der Waals surface area contributed by atoms with Crippen LogP contribution in [-0.4, -0.2) is 41.1 Å². The van der Waals surface area contributed by atoms with Gasteiger partial charge in [0.15, 0.2) is 11.6 Å². The molecule has 3 N–H and O–H groups in total. The molecule has 5 nitrogen and oxygen atoms in total. The fraction of sp³-hybridized carbons (Fsp3) is 0.385. The predicted molar refractivity (Wildman–Crippen MR) is 75.7 cm³/mol. The van der Waals surface area contributed by atoms with E-state index in [1.165, 1.54) is 0 Å². The summed E-state index contributed by atoms with van der Waals surface area (Å²) in [6.07, 6.45) is 0.144. The Balaban J connectivity index is 2.09. The number of anilines is 1. The molecule has 1 saturated heterocycles. The summed E-state index contributed by atoms with van der Waals surface area (Å²) in [4.78, 5) is 22.9. The molecule has 0 spiro atoms. The van der Waals surface area contributed by atoms with Crippen molar-refractivity contribution >= 4 is 29.3 Å². The average Bonchev–Trinajstić information content (AvgIpc) is 2.43. The lowest BCUT2D eigenvalue weighted by molar-refractivity contribution is -0.116. The molecule has 1 amide bonds. The number of benzene rings is 1. The Hall–Kier alpha value is -1.67. The zero-order valence-corrected chi connectivity index (χ0v) is 11.8. The second-order valence-corrected chi connectivity index (χ2v) is 5.75. The lowest BCUT2D eigenvalue weighted by atomic mass is 10.1. The SMILES string of the molecule is O=C(CC1CSCCN1)Nc1cc(F)c(F)cc1C(=O)O. The van der Waals surface area contributed by atoms with Crippen LogP contribution in [0.1, 0.15) is 16.8 Å². The van der Waals surface area contributed by atoms with E-state index >= 15 is 0 Å². The zero-order chi connectivity index (χ0) is 15.4. The molecular formula is C13H14F2N2O3S. The predicted octanol–water partition coefficient (Wildman–Crippen LogP) is 1.70. The molecule has 1 aliphatic heterocycles. The van der Waals surface area contributed by atoms with Crippen molar-refractivity contribution in [1.29, 1.82) is 0 Å². The van der Waals surface area contributed by atoms with Gasteiger partial charge in [0, 0.05) is 36.6 Å². The highest BCUT2D eigenvalue weighted by Gasteiger charge is 2.20. The molecule has 1 aliphatic rings. The van der Waals surface area contributed by atoms with Gasteiger partial charge in [-0.3, -0.25) is 4.79 Å². The Bertz CT molecular complexity index is 563. The summed E-state index contributed by atoms with van der Waals surface area (Å²) in [6, 6.07) is 1.23. The van der Waals surface area contributed by atoms with Crippen LogP contribution < -0.4 is 10.6 Å². The van der Waals surface area contributed by atoms with Gasteiger partial charge in [0.2, 0.25) is 5.91 Å². The largest absolute Gasteiger partial charge is 0.478 e. The number of hydrogen-bond donors (Lipinski definition) is 3. The van der Waals surface area contributed by atoms with Gasteiger partial charge in [-0.15, -0.1) is 0 Å². The molecule has 1 fully saturated rings. The number of carboxylic acid groups (broad SMARTS) is 1. The number of carbonyl (C=O) groups is 2. The number of hydrogen-bond acceptors (Lipinski definition) is 4. The van der Waals surface area contributed by atoms with E-state index in [1.807, 2.05) is 0 Å². The van der Waals surface area contributed by atoms with E-state index in [2.05, 4.69) is 10.6 Å². The van der Waals surface area contributed by atoms with E-state index in [1.54, 1.807) is 11.8 Å². The molecule has 0 aromatic heterocycles. The Kier molecular flexibility index (Phi) is 5.13. The Morgan fingerprint density at radius 1 is 1.38 bits per heavy atom. The maximum atomic E-state index is 13.2. The summed E-state index contributed by atoms with van der Waals surface area (Å²) in [5, 5.41) is 14.5. The molecule has 1 heterocycles. The first-order valence-electron chi connectivity index (χ1n) is 6.30. The number of thioether (sulfide) groups is 1.